The van der Waals surface area contributed by atoms with E-state index in [1.165, 1.54) is 0 Å². The number of thioether (sulfide) groups is 5. The zero-order valence-corrected chi connectivity index (χ0v) is 80.0. The van der Waals surface area contributed by atoms with Gasteiger partial charge in [0.2, 0.25) is 0 Å². The van der Waals surface area contributed by atoms with Crippen LogP contribution in [0.15, 0.2) is 0 Å². The van der Waals surface area contributed by atoms with Gasteiger partial charge in [-0.15, -0.1) is 16.8 Å². The van der Waals surface area contributed by atoms with Gasteiger partial charge in [-0.1, -0.05) is 76.2 Å². The van der Waals surface area contributed by atoms with Gasteiger partial charge in [0.05, 0.1) is 27.2 Å². The molecular formula is C38H76O12Rb7S5-7. The SMILES string of the molecule is CC1[CH-]CSC(O)[C@@H]1C.C[C@@H]1[CH-]CSC(O)[C@H]1C.C[C@@H]1[CH-][C@H](C)SC(O)[C@H]1C.[CH2-][C@@H]1[CH-]C(C)[C@@H](C)C(O)S1.[CH2-][C@@H]1[CH-][C@H](C)[C@H](C)C(O)S1.[OH-].[OH-].[OH-].[OH-].[OH-].[OH-].[OH-].[Rb+].[Rb+].[Rb+].[Rb+].[Rb+].[Rb+].[Rb+]. The van der Waals surface area contributed by atoms with Crippen molar-refractivity contribution in [2.24, 2.45) is 59.2 Å². The maximum atomic E-state index is 9.46. The normalized spacial score (nSPS) is 36.9. The Morgan fingerprint density at radius 1 is 0.355 bits per heavy atom. The first-order valence-electron chi connectivity index (χ1n) is 17.7. The van der Waals surface area contributed by atoms with Gasteiger partial charge in [-0.05, 0) is 29.6 Å². The minimum Gasteiger partial charge on any atom is -0.870 e. The molecule has 62 heavy (non-hydrogen) atoms. The van der Waals surface area contributed by atoms with Gasteiger partial charge in [0.25, 0.3) is 0 Å². The Labute approximate surface area is 743 Å². The fourth-order valence-corrected chi connectivity index (χ4v) is 11.3. The third-order valence-corrected chi connectivity index (χ3v) is 16.5. The van der Waals surface area contributed by atoms with Crippen LogP contribution in [0.1, 0.15) is 76.2 Å². The Bertz CT molecular complexity index is 747. The molecule has 5 heterocycles. The van der Waals surface area contributed by atoms with Gasteiger partial charge in [-0.2, -0.15) is 88.4 Å². The van der Waals surface area contributed by atoms with Crippen LogP contribution in [0.4, 0.5) is 0 Å². The summed E-state index contributed by atoms with van der Waals surface area (Å²) in [5.41, 5.74) is -0.866. The first-order chi connectivity index (χ1) is 22.3. The summed E-state index contributed by atoms with van der Waals surface area (Å²) in [6.07, 6.45) is 11.2. The molecule has 0 spiro atoms. The largest absolute Gasteiger partial charge is 1.00 e. The summed E-state index contributed by atoms with van der Waals surface area (Å²) in [6, 6.07) is 0. The van der Waals surface area contributed by atoms with Crippen LogP contribution in [0.5, 0.6) is 0 Å². The van der Waals surface area contributed by atoms with Crippen molar-refractivity contribution in [1.82, 2.24) is 0 Å². The number of rotatable bonds is 0. The Balaban J connectivity index is -0.0000000367. The number of hydrogen-bond acceptors (Lipinski definition) is 17. The van der Waals surface area contributed by atoms with E-state index in [0.29, 0.717) is 64.4 Å². The van der Waals surface area contributed by atoms with Crippen LogP contribution in [-0.2, 0) is 0 Å². The molecule has 5 aliphatic heterocycles. The van der Waals surface area contributed by atoms with Crippen molar-refractivity contribution in [3.8, 4) is 0 Å². The van der Waals surface area contributed by atoms with Crippen LogP contribution >= 0.6 is 58.8 Å². The minimum absolute atomic E-state index is 0. The Hall–Kier alpha value is 13.9. The Morgan fingerprint density at radius 3 is 0.790 bits per heavy atom. The van der Waals surface area contributed by atoms with E-state index >= 15 is 0 Å². The van der Waals surface area contributed by atoms with E-state index in [0.717, 1.165) is 11.5 Å². The van der Waals surface area contributed by atoms with E-state index in [1.807, 2.05) is 0 Å². The molecule has 5 saturated heterocycles. The van der Waals surface area contributed by atoms with E-state index in [1.54, 1.807) is 58.8 Å². The molecule has 5 rings (SSSR count). The van der Waals surface area contributed by atoms with Gasteiger partial charge in [0.1, 0.15) is 0 Å². The smallest absolute Gasteiger partial charge is 0.870 e. The standard InChI is InChI=1S/C8H15OS.2C8H14OS.2C7H13OS.7H2O.7Rb/c3*1-5-4-6(2)10-8(9)7(5)3;2*1-5-3-4-9-7(8)6(5)2;;;;;;;;;;;;;;/h4-9H,1-3H3;2*4-9H,2H2,1,3H3;2*3,5-8H,4H2,1-2H3;7*1H2;;;;;;;/q-1;2*-2;2*-1;;;;;;;;7*+1/p-7/t5-,6+,7+,8?;5?,6-,7-,8?;5-,6+,7-,8?;5?,6-,7?;5-,6+,7?;;;;;;;;;;;;;;/m11011............../s1. The third kappa shape index (κ3) is 48.6. The van der Waals surface area contributed by atoms with Crippen LogP contribution in [0.2, 0.25) is 0 Å². The molecule has 5 aliphatic rings. The molecule has 0 aromatic carbocycles. The van der Waals surface area contributed by atoms with Crippen LogP contribution in [0.3, 0.4) is 0 Å². The van der Waals surface area contributed by atoms with E-state index in [9.17, 15) is 25.5 Å². The molecule has 5 fully saturated rings. The summed E-state index contributed by atoms with van der Waals surface area (Å²) < 4.78 is 0. The number of aliphatic hydroxyl groups is 5. The van der Waals surface area contributed by atoms with Crippen LogP contribution in [0.25, 0.3) is 0 Å². The van der Waals surface area contributed by atoms with Crippen LogP contribution in [-0.4, -0.2) is 118 Å². The maximum Gasteiger partial charge on any atom is 1.00 e. The van der Waals surface area contributed by atoms with Gasteiger partial charge < -0.3 is 110 Å². The number of hydrogen-bond donors (Lipinski definition) is 5. The second kappa shape index (κ2) is 64.1. The summed E-state index contributed by atoms with van der Waals surface area (Å²) in [6.45, 7) is 31.1. The van der Waals surface area contributed by atoms with Crippen LogP contribution < -0.4 is 407 Å². The maximum absolute atomic E-state index is 9.46. The molecule has 0 saturated carbocycles. The topological polar surface area (TPSA) is 311 Å². The molecule has 0 amide bonds. The molecule has 12 N–H and O–H groups in total. The van der Waals surface area contributed by atoms with E-state index in [2.05, 4.69) is 122 Å². The molecule has 24 heteroatoms. The average molecular weight is 1480 g/mol. The predicted molar refractivity (Wildman–Crippen MR) is 232 cm³/mol. The van der Waals surface area contributed by atoms with Crippen molar-refractivity contribution < 1.29 is 471 Å². The van der Waals surface area contributed by atoms with Crippen molar-refractivity contribution in [2.75, 3.05) is 11.5 Å². The zero-order valence-electron chi connectivity index (χ0n) is 41.5. The van der Waals surface area contributed by atoms with Gasteiger partial charge in [0, 0.05) is 0 Å². The summed E-state index contributed by atoms with van der Waals surface area (Å²) in [7, 11) is 0. The fourth-order valence-electron chi connectivity index (χ4n) is 5.36. The van der Waals surface area contributed by atoms with E-state index < -0.39 is 0 Å². The molecule has 18 atom stereocenters. The van der Waals surface area contributed by atoms with Crippen molar-refractivity contribution in [3.05, 3.63) is 46.0 Å². The molecule has 344 valence electrons. The molecule has 7 unspecified atom stereocenters. The third-order valence-electron chi connectivity index (χ3n) is 10.5. The number of aliphatic hydroxyl groups excluding tert-OH is 5. The van der Waals surface area contributed by atoms with Gasteiger partial charge in [0.15, 0.2) is 0 Å². The summed E-state index contributed by atoms with van der Waals surface area (Å²) in [4.78, 5) is 0. The monoisotopic (exact) mass is 1480 g/mol. The molecule has 0 aliphatic carbocycles. The molecule has 0 aromatic heterocycles. The fraction of sp³-hybridized carbons (Fsp3) is 0.816. The second-order valence-electron chi connectivity index (χ2n) is 14.4. The molecule has 0 radical (unpaired) electrons. The zero-order chi connectivity index (χ0) is 36.9. The minimum atomic E-state index is -0.220. The van der Waals surface area contributed by atoms with Gasteiger partial charge in [-0.25, -0.2) is 10.5 Å². The van der Waals surface area contributed by atoms with Crippen LogP contribution in [0, 0.1) is 105 Å². The van der Waals surface area contributed by atoms with Gasteiger partial charge in [-0.3, -0.25) is 0 Å². The predicted octanol–water partition coefficient (Wildman–Crippen LogP) is -13.8. The molecular weight excluding hydrogens is 1410 g/mol. The Kier molecular flexibility index (Phi) is 115. The first kappa shape index (κ1) is 111. The van der Waals surface area contributed by atoms with Crippen molar-refractivity contribution in [2.45, 2.75) is 119 Å². The second-order valence-corrected chi connectivity index (χ2v) is 21.0. The van der Waals surface area contributed by atoms with E-state index in [-0.39, 0.29) is 483 Å². The van der Waals surface area contributed by atoms with Gasteiger partial charge >= 0.3 is 407 Å². The van der Waals surface area contributed by atoms with Crippen molar-refractivity contribution in [1.29, 1.82) is 0 Å². The van der Waals surface area contributed by atoms with E-state index in [4.69, 9.17) is 0 Å². The van der Waals surface area contributed by atoms with Crippen molar-refractivity contribution in [3.63, 3.8) is 0 Å². The summed E-state index contributed by atoms with van der Waals surface area (Å²) in [5.74, 6) is 6.78. The molecule has 0 bridgehead atoms. The molecule has 0 aromatic rings. The quantitative estimate of drug-likeness (QED) is 0.141. The average Bonchev–Trinajstić information content (AvgIpc) is 3.00. The first-order valence-corrected chi connectivity index (χ1v) is 22.7. The molecule has 12 nitrogen and oxygen atoms in total. The van der Waals surface area contributed by atoms with Crippen molar-refractivity contribution >= 4 is 58.8 Å². The Morgan fingerprint density at radius 2 is 0.581 bits per heavy atom. The summed E-state index contributed by atoms with van der Waals surface area (Å²) >= 11 is 8.00. The summed E-state index contributed by atoms with van der Waals surface area (Å²) in [5, 5.41) is 47.9.